The lowest BCUT2D eigenvalue weighted by Crippen LogP contribution is -2.30. The fourth-order valence-electron chi connectivity index (χ4n) is 3.33. The minimum Gasteiger partial charge on any atom is -0.316 e. The molecule has 3 aromatic rings. The third-order valence-electron chi connectivity index (χ3n) is 5.01. The number of hydrogen-bond donors (Lipinski definition) is 1. The molecule has 0 radical (unpaired) electrons. The van der Waals surface area contributed by atoms with Gasteiger partial charge in [0.25, 0.3) is 5.91 Å². The average Bonchev–Trinajstić information content (AvgIpc) is 3.10. The number of aromatic nitrogens is 2. The van der Waals surface area contributed by atoms with Crippen molar-refractivity contribution in [3.05, 3.63) is 82.1 Å². The van der Waals surface area contributed by atoms with Crippen LogP contribution < -0.4 is 5.32 Å². The second-order valence-electron chi connectivity index (χ2n) is 7.12. The SMILES string of the molecule is N#CC1CC(n2ncc(Cl)c2C(=O)Nc2c(F)cc(C#Cc3ccccc3)cc2F)C1. The van der Waals surface area contributed by atoms with E-state index in [1.807, 2.05) is 18.2 Å². The topological polar surface area (TPSA) is 70.7 Å². The second kappa shape index (κ2) is 8.59. The van der Waals surface area contributed by atoms with Gasteiger partial charge in [-0.3, -0.25) is 9.48 Å². The predicted molar refractivity (Wildman–Crippen MR) is 111 cm³/mol. The number of rotatable bonds is 3. The molecule has 1 aromatic heterocycles. The molecule has 1 amide bonds. The van der Waals surface area contributed by atoms with Gasteiger partial charge in [-0.05, 0) is 37.1 Å². The summed E-state index contributed by atoms with van der Waals surface area (Å²) >= 11 is 6.09. The van der Waals surface area contributed by atoms with Gasteiger partial charge in [0.2, 0.25) is 0 Å². The van der Waals surface area contributed by atoms with E-state index in [2.05, 4.69) is 28.3 Å². The highest BCUT2D eigenvalue weighted by atomic mass is 35.5. The number of carbonyl (C=O) groups is 1. The summed E-state index contributed by atoms with van der Waals surface area (Å²) in [5.74, 6) is 2.72. The molecule has 0 bridgehead atoms. The number of carbonyl (C=O) groups excluding carboxylic acids is 1. The van der Waals surface area contributed by atoms with Gasteiger partial charge in [0.15, 0.2) is 11.6 Å². The maximum atomic E-state index is 14.6. The molecule has 1 aliphatic carbocycles. The summed E-state index contributed by atoms with van der Waals surface area (Å²) in [6, 6.07) is 13.1. The molecule has 5 nitrogen and oxygen atoms in total. The van der Waals surface area contributed by atoms with Crippen molar-refractivity contribution in [3.8, 4) is 17.9 Å². The van der Waals surface area contributed by atoms with Crippen LogP contribution in [0.5, 0.6) is 0 Å². The largest absolute Gasteiger partial charge is 0.316 e. The Morgan fingerprint density at radius 2 is 1.77 bits per heavy atom. The summed E-state index contributed by atoms with van der Waals surface area (Å²) in [6.07, 6.45) is 2.36. The van der Waals surface area contributed by atoms with E-state index in [0.717, 1.165) is 12.1 Å². The van der Waals surface area contributed by atoms with E-state index in [4.69, 9.17) is 16.9 Å². The molecule has 0 aliphatic heterocycles. The second-order valence-corrected chi connectivity index (χ2v) is 7.53. The van der Waals surface area contributed by atoms with Crippen LogP contribution in [0.2, 0.25) is 5.02 Å². The fourth-order valence-corrected chi connectivity index (χ4v) is 3.54. The summed E-state index contributed by atoms with van der Waals surface area (Å²) < 4.78 is 30.5. The van der Waals surface area contributed by atoms with E-state index in [1.165, 1.54) is 10.9 Å². The molecule has 1 saturated carbocycles. The molecule has 8 heteroatoms. The van der Waals surface area contributed by atoms with E-state index in [-0.39, 0.29) is 28.2 Å². The number of anilines is 1. The number of nitrogens with zero attached hydrogens (tertiary/aromatic N) is 3. The molecule has 1 N–H and O–H groups in total. The molecule has 154 valence electrons. The Morgan fingerprint density at radius 3 is 2.42 bits per heavy atom. The molecule has 31 heavy (non-hydrogen) atoms. The molecule has 1 fully saturated rings. The van der Waals surface area contributed by atoms with E-state index >= 15 is 0 Å². The maximum absolute atomic E-state index is 14.6. The molecule has 2 aromatic carbocycles. The van der Waals surface area contributed by atoms with Gasteiger partial charge in [-0.15, -0.1) is 0 Å². The van der Waals surface area contributed by atoms with Crippen LogP contribution in [0.4, 0.5) is 14.5 Å². The van der Waals surface area contributed by atoms with Crippen molar-refractivity contribution in [1.29, 1.82) is 5.26 Å². The van der Waals surface area contributed by atoms with Crippen molar-refractivity contribution in [2.24, 2.45) is 5.92 Å². The minimum absolute atomic E-state index is 0.00481. The monoisotopic (exact) mass is 436 g/mol. The van der Waals surface area contributed by atoms with Crippen LogP contribution in [0.25, 0.3) is 0 Å². The number of nitriles is 1. The predicted octanol–water partition coefficient (Wildman–Crippen LogP) is 4.94. The third kappa shape index (κ3) is 4.28. The summed E-state index contributed by atoms with van der Waals surface area (Å²) in [5.41, 5.74) is 0.243. The Hall–Kier alpha value is -3.68. The molecule has 0 saturated heterocycles. The molecule has 0 spiro atoms. The lowest BCUT2D eigenvalue weighted by molar-refractivity contribution is 0.100. The molecule has 4 rings (SSSR count). The zero-order chi connectivity index (χ0) is 22.0. The van der Waals surface area contributed by atoms with Gasteiger partial charge < -0.3 is 5.32 Å². The molecule has 1 heterocycles. The van der Waals surface area contributed by atoms with Crippen LogP contribution in [0.15, 0.2) is 48.7 Å². The quantitative estimate of drug-likeness (QED) is 0.591. The zero-order valence-corrected chi connectivity index (χ0v) is 16.8. The van der Waals surface area contributed by atoms with Crippen molar-refractivity contribution in [2.75, 3.05) is 5.32 Å². The summed E-state index contributed by atoms with van der Waals surface area (Å²) in [6.45, 7) is 0. The van der Waals surface area contributed by atoms with E-state index in [9.17, 15) is 13.6 Å². The Bertz CT molecular complexity index is 1230. The van der Waals surface area contributed by atoms with Gasteiger partial charge in [-0.1, -0.05) is 41.6 Å². The van der Waals surface area contributed by atoms with Crippen molar-refractivity contribution in [2.45, 2.75) is 18.9 Å². The number of halogens is 3. The number of hydrogen-bond acceptors (Lipinski definition) is 3. The van der Waals surface area contributed by atoms with Crippen LogP contribution in [-0.2, 0) is 0 Å². The normalized spacial score (nSPS) is 17.1. The Balaban J connectivity index is 1.55. The molecule has 1 aliphatic rings. The fraction of sp³-hybridized carbons (Fsp3) is 0.174. The van der Waals surface area contributed by atoms with Crippen molar-refractivity contribution >= 4 is 23.2 Å². The van der Waals surface area contributed by atoms with Gasteiger partial charge >= 0.3 is 0 Å². The first-order chi connectivity index (χ1) is 15.0. The smallest absolute Gasteiger partial charge is 0.275 e. The first-order valence-corrected chi connectivity index (χ1v) is 9.84. The molecule has 0 atom stereocenters. The summed E-state index contributed by atoms with van der Waals surface area (Å²) in [5, 5.41) is 15.3. The lowest BCUT2D eigenvalue weighted by atomic mass is 9.81. The van der Waals surface area contributed by atoms with Crippen molar-refractivity contribution < 1.29 is 13.6 Å². The van der Waals surface area contributed by atoms with Gasteiger partial charge in [0, 0.05) is 11.1 Å². The minimum atomic E-state index is -0.957. The average molecular weight is 437 g/mol. The Morgan fingerprint density at radius 1 is 1.13 bits per heavy atom. The maximum Gasteiger partial charge on any atom is 0.275 e. The standard InChI is InChI=1S/C23H15ClF2N4O/c24-18-13-28-30(17-8-16(9-17)12-27)22(18)23(31)29-21-19(25)10-15(11-20(21)26)7-6-14-4-2-1-3-5-14/h1-5,10-11,13,16-17H,8-9H2,(H,29,31). The van der Waals surface area contributed by atoms with Crippen LogP contribution >= 0.6 is 11.6 Å². The molecular weight excluding hydrogens is 422 g/mol. The van der Waals surface area contributed by atoms with Crippen molar-refractivity contribution in [1.82, 2.24) is 9.78 Å². The third-order valence-corrected chi connectivity index (χ3v) is 5.29. The van der Waals surface area contributed by atoms with E-state index in [0.29, 0.717) is 18.4 Å². The first kappa shape index (κ1) is 20.6. The summed E-state index contributed by atoms with van der Waals surface area (Å²) in [7, 11) is 0. The van der Waals surface area contributed by atoms with Crippen LogP contribution in [0.3, 0.4) is 0 Å². The Labute approximate surface area is 182 Å². The molecule has 0 unspecified atom stereocenters. The highest BCUT2D eigenvalue weighted by molar-refractivity contribution is 6.34. The number of nitrogens with one attached hydrogen (secondary N) is 1. The van der Waals surface area contributed by atoms with Gasteiger partial charge in [0.1, 0.15) is 11.4 Å². The number of benzene rings is 2. The van der Waals surface area contributed by atoms with E-state index < -0.39 is 23.2 Å². The van der Waals surface area contributed by atoms with Gasteiger partial charge in [-0.2, -0.15) is 10.4 Å². The van der Waals surface area contributed by atoms with Crippen molar-refractivity contribution in [3.63, 3.8) is 0 Å². The van der Waals surface area contributed by atoms with Crippen LogP contribution in [0, 0.1) is 40.7 Å². The van der Waals surface area contributed by atoms with E-state index in [1.54, 1.807) is 12.1 Å². The number of amides is 1. The Kier molecular flexibility index (Phi) is 5.70. The molecular formula is C23H15ClF2N4O. The highest BCUT2D eigenvalue weighted by Crippen LogP contribution is 2.38. The highest BCUT2D eigenvalue weighted by Gasteiger charge is 2.34. The van der Waals surface area contributed by atoms with Crippen LogP contribution in [0.1, 0.15) is 40.5 Å². The lowest BCUT2D eigenvalue weighted by Gasteiger charge is -2.31. The van der Waals surface area contributed by atoms with Gasteiger partial charge in [-0.25, -0.2) is 8.78 Å². The van der Waals surface area contributed by atoms with Gasteiger partial charge in [0.05, 0.1) is 29.2 Å². The summed E-state index contributed by atoms with van der Waals surface area (Å²) in [4.78, 5) is 12.7. The zero-order valence-electron chi connectivity index (χ0n) is 16.1. The first-order valence-electron chi connectivity index (χ1n) is 9.46. The van der Waals surface area contributed by atoms with Crippen LogP contribution in [-0.4, -0.2) is 15.7 Å².